The molecular weight excluding hydrogens is 272 g/mol. The molecule has 0 bridgehead atoms. The van der Waals surface area contributed by atoms with Gasteiger partial charge in [-0.25, -0.2) is 0 Å². The molecule has 22 heavy (non-hydrogen) atoms. The van der Waals surface area contributed by atoms with Crippen molar-refractivity contribution in [2.45, 2.75) is 26.7 Å². The van der Waals surface area contributed by atoms with E-state index in [1.54, 1.807) is 0 Å². The van der Waals surface area contributed by atoms with E-state index in [1.165, 1.54) is 11.1 Å². The molecule has 0 saturated carbocycles. The van der Waals surface area contributed by atoms with Crippen LogP contribution in [-0.4, -0.2) is 28.9 Å². The van der Waals surface area contributed by atoms with E-state index in [0.29, 0.717) is 5.92 Å². The summed E-state index contributed by atoms with van der Waals surface area (Å²) < 4.78 is 0. The van der Waals surface area contributed by atoms with Crippen molar-refractivity contribution in [3.63, 3.8) is 0 Å². The van der Waals surface area contributed by atoms with Gasteiger partial charge in [0.05, 0.1) is 0 Å². The first-order valence-electron chi connectivity index (χ1n) is 7.89. The number of carbonyl (C=O) groups is 1. The third-order valence-electron chi connectivity index (χ3n) is 4.34. The van der Waals surface area contributed by atoms with Crippen molar-refractivity contribution in [2.24, 2.45) is 5.92 Å². The summed E-state index contributed by atoms with van der Waals surface area (Å²) in [4.78, 5) is 19.0. The Bertz CT molecular complexity index is 646. The SMILES string of the molecule is Cc1ccc(C(=O)N2CCC(Cc3ccc(C)cn3)C2)cc1. The van der Waals surface area contributed by atoms with Gasteiger partial charge in [0, 0.05) is 30.5 Å². The maximum absolute atomic E-state index is 12.5. The van der Waals surface area contributed by atoms with Crippen LogP contribution in [0.15, 0.2) is 42.6 Å². The van der Waals surface area contributed by atoms with Gasteiger partial charge in [-0.3, -0.25) is 9.78 Å². The van der Waals surface area contributed by atoms with Crippen LogP contribution >= 0.6 is 0 Å². The van der Waals surface area contributed by atoms with Gasteiger partial charge in [-0.15, -0.1) is 0 Å². The fourth-order valence-corrected chi connectivity index (χ4v) is 2.98. The summed E-state index contributed by atoms with van der Waals surface area (Å²) in [7, 11) is 0. The van der Waals surface area contributed by atoms with Gasteiger partial charge in [-0.05, 0) is 56.4 Å². The summed E-state index contributed by atoms with van der Waals surface area (Å²) in [5.74, 6) is 0.670. The lowest BCUT2D eigenvalue weighted by Crippen LogP contribution is -2.28. The predicted octanol–water partition coefficient (Wildman–Crippen LogP) is 3.40. The Kier molecular flexibility index (Phi) is 4.23. The molecule has 1 amide bonds. The van der Waals surface area contributed by atoms with Crippen LogP contribution in [0.4, 0.5) is 0 Å². The second-order valence-electron chi connectivity index (χ2n) is 6.30. The molecule has 1 saturated heterocycles. The summed E-state index contributed by atoms with van der Waals surface area (Å²) >= 11 is 0. The molecule has 2 heterocycles. The number of pyridine rings is 1. The number of aromatic nitrogens is 1. The van der Waals surface area contributed by atoms with Crippen LogP contribution < -0.4 is 0 Å². The maximum atomic E-state index is 12.5. The zero-order chi connectivity index (χ0) is 15.5. The lowest BCUT2D eigenvalue weighted by atomic mass is 10.0. The monoisotopic (exact) mass is 294 g/mol. The van der Waals surface area contributed by atoms with Crippen molar-refractivity contribution in [1.29, 1.82) is 0 Å². The Morgan fingerprint density at radius 1 is 1.14 bits per heavy atom. The maximum Gasteiger partial charge on any atom is 0.253 e. The van der Waals surface area contributed by atoms with Crippen LogP contribution in [0.25, 0.3) is 0 Å². The number of carbonyl (C=O) groups excluding carboxylic acids is 1. The zero-order valence-electron chi connectivity index (χ0n) is 13.2. The number of rotatable bonds is 3. The van der Waals surface area contributed by atoms with Gasteiger partial charge in [-0.1, -0.05) is 23.8 Å². The van der Waals surface area contributed by atoms with Crippen molar-refractivity contribution < 1.29 is 4.79 Å². The second kappa shape index (κ2) is 6.30. The fraction of sp³-hybridized carbons (Fsp3) is 0.368. The highest BCUT2D eigenvalue weighted by Crippen LogP contribution is 2.22. The topological polar surface area (TPSA) is 33.2 Å². The summed E-state index contributed by atoms with van der Waals surface area (Å²) in [6.45, 7) is 5.77. The molecule has 3 nitrogen and oxygen atoms in total. The van der Waals surface area contributed by atoms with Crippen molar-refractivity contribution in [3.8, 4) is 0 Å². The zero-order valence-corrected chi connectivity index (χ0v) is 13.2. The molecule has 3 heteroatoms. The van der Waals surface area contributed by atoms with E-state index in [2.05, 4.69) is 17.1 Å². The Hall–Kier alpha value is -2.16. The lowest BCUT2D eigenvalue weighted by molar-refractivity contribution is 0.0787. The molecule has 3 rings (SSSR count). The minimum atomic E-state index is 0.152. The highest BCUT2D eigenvalue weighted by molar-refractivity contribution is 5.94. The summed E-state index contributed by atoms with van der Waals surface area (Å²) in [5, 5.41) is 0. The average molecular weight is 294 g/mol. The van der Waals surface area contributed by atoms with E-state index in [1.807, 2.05) is 49.2 Å². The highest BCUT2D eigenvalue weighted by Gasteiger charge is 2.27. The summed E-state index contributed by atoms with van der Waals surface area (Å²) in [6, 6.07) is 12.0. The first-order valence-corrected chi connectivity index (χ1v) is 7.89. The number of nitrogens with zero attached hydrogens (tertiary/aromatic N) is 2. The first kappa shape index (κ1) is 14.8. The molecular formula is C19H22N2O. The Balaban J connectivity index is 1.61. The van der Waals surface area contributed by atoms with Crippen molar-refractivity contribution in [1.82, 2.24) is 9.88 Å². The van der Waals surface area contributed by atoms with Gasteiger partial charge in [0.2, 0.25) is 0 Å². The van der Waals surface area contributed by atoms with E-state index < -0.39 is 0 Å². The molecule has 2 aromatic rings. The minimum Gasteiger partial charge on any atom is -0.338 e. The van der Waals surface area contributed by atoms with Gasteiger partial charge in [0.15, 0.2) is 0 Å². The number of hydrogen-bond donors (Lipinski definition) is 0. The predicted molar refractivity (Wildman–Crippen MR) is 87.9 cm³/mol. The van der Waals surface area contributed by atoms with Gasteiger partial charge < -0.3 is 4.90 Å². The lowest BCUT2D eigenvalue weighted by Gasteiger charge is -2.16. The van der Waals surface area contributed by atoms with E-state index in [9.17, 15) is 4.79 Å². The van der Waals surface area contributed by atoms with E-state index in [-0.39, 0.29) is 5.91 Å². The molecule has 1 aromatic heterocycles. The first-order chi connectivity index (χ1) is 10.6. The Morgan fingerprint density at radius 3 is 2.55 bits per heavy atom. The summed E-state index contributed by atoms with van der Waals surface area (Å²) in [5.41, 5.74) is 4.28. The molecule has 1 unspecified atom stereocenters. The van der Waals surface area contributed by atoms with Crippen LogP contribution in [-0.2, 0) is 6.42 Å². The number of aryl methyl sites for hydroxylation is 2. The number of hydrogen-bond acceptors (Lipinski definition) is 2. The van der Waals surface area contributed by atoms with Crippen LogP contribution in [0.1, 0.15) is 33.6 Å². The third kappa shape index (κ3) is 3.35. The number of likely N-dealkylation sites (tertiary alicyclic amines) is 1. The number of benzene rings is 1. The third-order valence-corrected chi connectivity index (χ3v) is 4.34. The van der Waals surface area contributed by atoms with Gasteiger partial charge in [0.25, 0.3) is 5.91 Å². The van der Waals surface area contributed by atoms with Crippen LogP contribution in [0.2, 0.25) is 0 Å². The van der Waals surface area contributed by atoms with Crippen LogP contribution in [0.5, 0.6) is 0 Å². The molecule has 0 N–H and O–H groups in total. The molecule has 1 aromatic carbocycles. The minimum absolute atomic E-state index is 0.152. The quantitative estimate of drug-likeness (QED) is 0.869. The van der Waals surface area contributed by atoms with Crippen LogP contribution in [0, 0.1) is 19.8 Å². The number of amides is 1. The van der Waals surface area contributed by atoms with E-state index in [0.717, 1.165) is 37.2 Å². The van der Waals surface area contributed by atoms with E-state index in [4.69, 9.17) is 0 Å². The molecule has 1 atom stereocenters. The summed E-state index contributed by atoms with van der Waals surface area (Å²) in [6.07, 6.45) is 3.94. The highest BCUT2D eigenvalue weighted by atomic mass is 16.2. The average Bonchev–Trinajstić information content (AvgIpc) is 2.98. The smallest absolute Gasteiger partial charge is 0.253 e. The molecule has 0 spiro atoms. The molecule has 1 fully saturated rings. The van der Waals surface area contributed by atoms with Crippen molar-refractivity contribution >= 4 is 5.91 Å². The van der Waals surface area contributed by atoms with Gasteiger partial charge >= 0.3 is 0 Å². The van der Waals surface area contributed by atoms with Crippen LogP contribution in [0.3, 0.4) is 0 Å². The molecule has 0 aliphatic carbocycles. The van der Waals surface area contributed by atoms with Gasteiger partial charge in [-0.2, -0.15) is 0 Å². The molecule has 1 aliphatic rings. The van der Waals surface area contributed by atoms with Crippen molar-refractivity contribution in [3.05, 3.63) is 65.0 Å². The standard InChI is InChI=1S/C19H22N2O/c1-14-3-6-17(7-4-14)19(22)21-10-9-16(13-21)11-18-8-5-15(2)12-20-18/h3-8,12,16H,9-11,13H2,1-2H3. The normalized spacial score (nSPS) is 17.7. The van der Waals surface area contributed by atoms with E-state index >= 15 is 0 Å². The largest absolute Gasteiger partial charge is 0.338 e. The second-order valence-corrected chi connectivity index (χ2v) is 6.30. The molecule has 1 aliphatic heterocycles. The Labute approximate surface area is 132 Å². The molecule has 114 valence electrons. The molecule has 0 radical (unpaired) electrons. The van der Waals surface area contributed by atoms with Gasteiger partial charge in [0.1, 0.15) is 0 Å². The Morgan fingerprint density at radius 2 is 1.86 bits per heavy atom. The van der Waals surface area contributed by atoms with Crippen molar-refractivity contribution in [2.75, 3.05) is 13.1 Å². The fourth-order valence-electron chi connectivity index (χ4n) is 2.98.